The first-order valence-electron chi connectivity index (χ1n) is 3.83. The van der Waals surface area contributed by atoms with Crippen LogP contribution in [0.5, 0.6) is 0 Å². The minimum absolute atomic E-state index is 0.0129. The van der Waals surface area contributed by atoms with E-state index in [9.17, 15) is 13.6 Å². The van der Waals surface area contributed by atoms with E-state index in [2.05, 4.69) is 20.9 Å². The molecule has 0 unspecified atom stereocenters. The lowest BCUT2D eigenvalue weighted by Gasteiger charge is -2.10. The number of alkyl halides is 3. The maximum Gasteiger partial charge on any atom is 0.339 e. The van der Waals surface area contributed by atoms with E-state index in [1.807, 2.05) is 0 Å². The Morgan fingerprint density at radius 1 is 1.67 bits per heavy atom. The number of pyridine rings is 1. The number of halogens is 3. The molecule has 0 amide bonds. The summed E-state index contributed by atoms with van der Waals surface area (Å²) in [5, 5.41) is 8.79. The Morgan fingerprint density at radius 2 is 2.27 bits per heavy atom. The summed E-state index contributed by atoms with van der Waals surface area (Å²) in [5.74, 6) is -1.63. The summed E-state index contributed by atoms with van der Waals surface area (Å²) in [6.45, 7) is 0. The van der Waals surface area contributed by atoms with Gasteiger partial charge in [0.2, 0.25) is 0 Å². The van der Waals surface area contributed by atoms with Crippen LogP contribution in [0.1, 0.15) is 27.9 Å². The van der Waals surface area contributed by atoms with Gasteiger partial charge in [0.1, 0.15) is 11.4 Å². The van der Waals surface area contributed by atoms with E-state index in [1.54, 1.807) is 0 Å². The number of aromatic carboxylic acids is 1. The molecule has 0 spiro atoms. The molecule has 15 heavy (non-hydrogen) atoms. The molecule has 82 valence electrons. The van der Waals surface area contributed by atoms with Gasteiger partial charge in [-0.25, -0.2) is 18.6 Å². The van der Waals surface area contributed by atoms with Gasteiger partial charge in [-0.1, -0.05) is 15.9 Å². The van der Waals surface area contributed by atoms with Gasteiger partial charge in [0.05, 0.1) is 0 Å². The van der Waals surface area contributed by atoms with E-state index in [0.29, 0.717) is 0 Å². The van der Waals surface area contributed by atoms with E-state index in [4.69, 9.17) is 10.8 Å². The monoisotopic (exact) mass is 280 g/mol. The van der Waals surface area contributed by atoms with Crippen LogP contribution < -0.4 is 5.73 Å². The van der Waals surface area contributed by atoms with Crippen LogP contribution in [0.15, 0.2) is 6.20 Å². The number of nitrogens with two attached hydrogens (primary N) is 1. The fraction of sp³-hybridized carbons (Fsp3) is 0.250. The molecule has 7 heteroatoms. The largest absolute Gasteiger partial charge is 0.478 e. The maximum absolute atomic E-state index is 12.5. The number of nitrogen functional groups attached to an aromatic ring is 1. The third kappa shape index (κ3) is 2.23. The van der Waals surface area contributed by atoms with Crippen molar-refractivity contribution in [3.8, 4) is 0 Å². The molecule has 0 aliphatic rings. The van der Waals surface area contributed by atoms with Gasteiger partial charge < -0.3 is 10.8 Å². The minimum Gasteiger partial charge on any atom is -0.478 e. The number of rotatable bonds is 3. The predicted octanol–water partition coefficient (Wildman–Crippen LogP) is 2.19. The van der Waals surface area contributed by atoms with Crippen LogP contribution in [-0.2, 0) is 5.33 Å². The first kappa shape index (κ1) is 11.8. The Kier molecular flexibility index (Phi) is 3.57. The average Bonchev–Trinajstić information content (AvgIpc) is 2.15. The van der Waals surface area contributed by atoms with E-state index >= 15 is 0 Å². The van der Waals surface area contributed by atoms with Crippen LogP contribution in [-0.4, -0.2) is 16.1 Å². The molecule has 0 bridgehead atoms. The van der Waals surface area contributed by atoms with E-state index in [0.717, 1.165) is 6.20 Å². The van der Waals surface area contributed by atoms with Crippen molar-refractivity contribution in [3.63, 3.8) is 0 Å². The summed E-state index contributed by atoms with van der Waals surface area (Å²) in [5.41, 5.74) is 4.48. The number of hydrogen-bond donors (Lipinski definition) is 2. The van der Waals surface area contributed by atoms with Crippen molar-refractivity contribution in [2.24, 2.45) is 0 Å². The number of carboxylic acid groups (broad SMARTS) is 1. The summed E-state index contributed by atoms with van der Waals surface area (Å²) in [6, 6.07) is 0. The first-order valence-corrected chi connectivity index (χ1v) is 4.95. The topological polar surface area (TPSA) is 76.2 Å². The minimum atomic E-state index is -2.77. The molecule has 1 heterocycles. The molecule has 0 atom stereocenters. The van der Waals surface area contributed by atoms with Crippen molar-refractivity contribution < 1.29 is 18.7 Å². The maximum atomic E-state index is 12.5. The second-order valence-corrected chi connectivity index (χ2v) is 3.25. The third-order valence-corrected chi connectivity index (χ3v) is 2.39. The zero-order chi connectivity index (χ0) is 11.6. The van der Waals surface area contributed by atoms with Crippen LogP contribution in [0.4, 0.5) is 14.6 Å². The summed E-state index contributed by atoms with van der Waals surface area (Å²) in [6.07, 6.45) is -1.88. The van der Waals surface area contributed by atoms with Gasteiger partial charge in [-0.2, -0.15) is 0 Å². The highest BCUT2D eigenvalue weighted by atomic mass is 79.9. The number of anilines is 1. The number of hydrogen-bond acceptors (Lipinski definition) is 3. The number of aromatic nitrogens is 1. The Labute approximate surface area is 92.2 Å². The quantitative estimate of drug-likeness (QED) is 0.833. The molecular weight excluding hydrogens is 274 g/mol. The summed E-state index contributed by atoms with van der Waals surface area (Å²) in [4.78, 5) is 14.2. The third-order valence-electron chi connectivity index (χ3n) is 1.83. The molecule has 1 aromatic heterocycles. The molecule has 0 aliphatic carbocycles. The van der Waals surface area contributed by atoms with Crippen molar-refractivity contribution in [1.29, 1.82) is 0 Å². The number of carboxylic acids is 1. The smallest absolute Gasteiger partial charge is 0.339 e. The van der Waals surface area contributed by atoms with E-state index < -0.39 is 18.0 Å². The molecular formula is C8H7BrF2N2O2. The molecule has 3 N–H and O–H groups in total. The molecule has 0 saturated carbocycles. The Bertz CT molecular complexity index is 398. The molecule has 4 nitrogen and oxygen atoms in total. The van der Waals surface area contributed by atoms with E-state index in [-0.39, 0.29) is 22.3 Å². The second kappa shape index (κ2) is 4.52. The van der Waals surface area contributed by atoms with Crippen molar-refractivity contribution in [1.82, 2.24) is 4.98 Å². The van der Waals surface area contributed by atoms with Crippen LogP contribution in [0.3, 0.4) is 0 Å². The highest BCUT2D eigenvalue weighted by Crippen LogP contribution is 2.29. The first-order chi connectivity index (χ1) is 6.99. The lowest BCUT2D eigenvalue weighted by Crippen LogP contribution is -2.11. The molecule has 0 saturated heterocycles. The van der Waals surface area contributed by atoms with Gasteiger partial charge in [-0.05, 0) is 5.56 Å². The van der Waals surface area contributed by atoms with Gasteiger partial charge in [-0.15, -0.1) is 0 Å². The summed E-state index contributed by atoms with van der Waals surface area (Å²) in [7, 11) is 0. The Morgan fingerprint density at radius 3 is 2.67 bits per heavy atom. The van der Waals surface area contributed by atoms with Gasteiger partial charge >= 0.3 is 5.97 Å². The Balaban J connectivity index is 3.47. The van der Waals surface area contributed by atoms with Crippen LogP contribution in [0.25, 0.3) is 0 Å². The normalized spacial score (nSPS) is 10.7. The molecule has 1 aromatic rings. The molecule has 0 radical (unpaired) electrons. The Hall–Kier alpha value is -1.24. The van der Waals surface area contributed by atoms with Gasteiger partial charge in [-0.3, -0.25) is 0 Å². The molecule has 1 rings (SSSR count). The van der Waals surface area contributed by atoms with E-state index in [1.165, 1.54) is 0 Å². The van der Waals surface area contributed by atoms with Crippen molar-refractivity contribution in [2.45, 2.75) is 11.8 Å². The zero-order valence-electron chi connectivity index (χ0n) is 7.38. The fourth-order valence-corrected chi connectivity index (χ4v) is 1.76. The lowest BCUT2D eigenvalue weighted by molar-refractivity contribution is 0.0696. The predicted molar refractivity (Wildman–Crippen MR) is 53.2 cm³/mol. The van der Waals surface area contributed by atoms with Crippen LogP contribution in [0.2, 0.25) is 0 Å². The highest BCUT2D eigenvalue weighted by Gasteiger charge is 2.22. The zero-order valence-corrected chi connectivity index (χ0v) is 8.96. The van der Waals surface area contributed by atoms with Gasteiger partial charge in [0, 0.05) is 17.1 Å². The summed E-state index contributed by atoms with van der Waals surface area (Å²) >= 11 is 2.95. The highest BCUT2D eigenvalue weighted by molar-refractivity contribution is 9.08. The standard InChI is InChI=1S/C8H7BrF2N2O2/c9-1-3-4(6(10)11)2-13-7(12)5(3)8(14)15/h2,6H,1H2,(H2,12,13)(H,14,15). The molecule has 0 aromatic carbocycles. The van der Waals surface area contributed by atoms with Crippen LogP contribution in [0, 0.1) is 0 Å². The average molecular weight is 281 g/mol. The molecule has 0 aliphatic heterocycles. The SMILES string of the molecule is Nc1ncc(C(F)F)c(CBr)c1C(=O)O. The number of nitrogens with zero attached hydrogens (tertiary/aromatic N) is 1. The second-order valence-electron chi connectivity index (χ2n) is 2.69. The van der Waals surface area contributed by atoms with Gasteiger partial charge in [0.25, 0.3) is 6.43 Å². The summed E-state index contributed by atoms with van der Waals surface area (Å²) < 4.78 is 25.0. The lowest BCUT2D eigenvalue weighted by atomic mass is 10.1. The van der Waals surface area contributed by atoms with Crippen molar-refractivity contribution in [2.75, 3.05) is 5.73 Å². The van der Waals surface area contributed by atoms with Crippen molar-refractivity contribution in [3.05, 3.63) is 22.9 Å². The number of carbonyl (C=O) groups is 1. The van der Waals surface area contributed by atoms with Crippen LogP contribution >= 0.6 is 15.9 Å². The van der Waals surface area contributed by atoms with Gasteiger partial charge in [0.15, 0.2) is 0 Å². The fourth-order valence-electron chi connectivity index (χ4n) is 1.15. The molecule has 0 fully saturated rings. The van der Waals surface area contributed by atoms with Crippen molar-refractivity contribution >= 4 is 27.7 Å².